The van der Waals surface area contributed by atoms with Gasteiger partial charge in [-0.3, -0.25) is 4.79 Å². The molecule has 5 aliphatic rings. The molecule has 3 aliphatic carbocycles. The highest BCUT2D eigenvalue weighted by Gasteiger charge is 2.76. The molecule has 1 aromatic carbocycles. The average Bonchev–Trinajstić information content (AvgIpc) is 3.19. The molecule has 2 unspecified atom stereocenters. The number of hydrogen-bond donors (Lipinski definition) is 4. The number of aromatic hydroxyl groups is 2. The number of Topliss-reactive ketones (excluding diaryl/α,β-unsaturated/α-hetero) is 1. The molecule has 1 spiro atoms. The summed E-state index contributed by atoms with van der Waals surface area (Å²) in [7, 11) is 2.15. The van der Waals surface area contributed by atoms with Crippen LogP contribution in [0.5, 0.6) is 17.2 Å². The first-order chi connectivity index (χ1) is 13.2. The third-order valence-corrected chi connectivity index (χ3v) is 8.53. The number of ether oxygens (including phenoxy) is 1. The largest absolute Gasteiger partial charge is 0.504 e. The van der Waals surface area contributed by atoms with E-state index in [1.54, 1.807) is 6.07 Å². The highest BCUT2D eigenvalue weighted by atomic mass is 16.5. The normalized spacial score (nSPS) is 45.8. The zero-order chi connectivity index (χ0) is 19.6. The number of likely N-dealkylation sites (tertiary alicyclic amines) is 1. The molecular formula is C22H29NO6. The van der Waals surface area contributed by atoms with Crippen LogP contribution in [0.2, 0.25) is 0 Å². The zero-order valence-corrected chi connectivity index (χ0v) is 16.9. The van der Waals surface area contributed by atoms with Gasteiger partial charge in [0.05, 0.1) is 31.7 Å². The first-order valence-corrected chi connectivity index (χ1v) is 10.2. The molecule has 2 saturated carbocycles. The molecule has 1 saturated heterocycles. The highest BCUT2D eigenvalue weighted by molar-refractivity contribution is 5.90. The number of piperidine rings is 1. The quantitative estimate of drug-likeness (QED) is 0.331. The summed E-state index contributed by atoms with van der Waals surface area (Å²) in [5.41, 5.74) is -0.379. The number of carbonyl (C=O) groups excluding carboxylic acids is 1. The van der Waals surface area contributed by atoms with Crippen LogP contribution in [0.4, 0.5) is 0 Å². The number of ketones is 1. The molecule has 29 heavy (non-hydrogen) atoms. The van der Waals surface area contributed by atoms with Crippen molar-refractivity contribution in [3.63, 3.8) is 0 Å². The SMILES string of the molecule is C[N@+]1(CC2CC2O)CC[C@]23c4c5cc(O)c(O)c4O[C@H]2C(=O)CC[C@@]3(O)[C@H]1C5.[CH3-]. The molecule has 7 nitrogen and oxygen atoms in total. The molecule has 2 bridgehead atoms. The van der Waals surface area contributed by atoms with E-state index in [-0.39, 0.29) is 54.9 Å². The zero-order valence-electron chi connectivity index (χ0n) is 16.9. The van der Waals surface area contributed by atoms with Crippen molar-refractivity contribution in [1.82, 2.24) is 0 Å². The molecule has 4 N–H and O–H groups in total. The van der Waals surface area contributed by atoms with E-state index in [4.69, 9.17) is 4.74 Å². The summed E-state index contributed by atoms with van der Waals surface area (Å²) in [6, 6.07) is 1.44. The molecule has 2 aliphatic heterocycles. The maximum absolute atomic E-state index is 12.8. The number of rotatable bonds is 2. The van der Waals surface area contributed by atoms with Gasteiger partial charge in [-0.15, -0.1) is 0 Å². The van der Waals surface area contributed by atoms with Gasteiger partial charge in [0.2, 0.25) is 5.75 Å². The Labute approximate surface area is 170 Å². The van der Waals surface area contributed by atoms with Gasteiger partial charge in [0.15, 0.2) is 23.4 Å². The van der Waals surface area contributed by atoms with Gasteiger partial charge in [-0.1, -0.05) is 0 Å². The summed E-state index contributed by atoms with van der Waals surface area (Å²) in [5, 5.41) is 42.7. The van der Waals surface area contributed by atoms with Crippen LogP contribution in [0.25, 0.3) is 0 Å². The highest BCUT2D eigenvalue weighted by Crippen LogP contribution is 2.66. The van der Waals surface area contributed by atoms with Crippen LogP contribution >= 0.6 is 0 Å². The van der Waals surface area contributed by atoms with Crippen LogP contribution in [0.1, 0.15) is 36.8 Å². The number of phenols is 2. The van der Waals surface area contributed by atoms with Gasteiger partial charge >= 0.3 is 0 Å². The molecule has 0 radical (unpaired) electrons. The van der Waals surface area contributed by atoms with Gasteiger partial charge in [0, 0.05) is 30.7 Å². The Balaban J connectivity index is 0.00000181. The molecule has 7 atom stereocenters. The van der Waals surface area contributed by atoms with Crippen molar-refractivity contribution in [2.45, 2.75) is 61.4 Å². The molecule has 6 rings (SSSR count). The second kappa shape index (κ2) is 5.45. The Hall–Kier alpha value is -1.83. The van der Waals surface area contributed by atoms with Crippen LogP contribution in [-0.2, 0) is 16.6 Å². The summed E-state index contributed by atoms with van der Waals surface area (Å²) in [5.74, 6) is -0.179. The fourth-order valence-corrected chi connectivity index (χ4v) is 7.07. The van der Waals surface area contributed by atoms with E-state index in [9.17, 15) is 25.2 Å². The van der Waals surface area contributed by atoms with Crippen molar-refractivity contribution in [2.75, 3.05) is 20.1 Å². The predicted molar refractivity (Wildman–Crippen MR) is 104 cm³/mol. The summed E-state index contributed by atoms with van der Waals surface area (Å²) >= 11 is 0. The average molecular weight is 403 g/mol. The second-order valence-corrected chi connectivity index (χ2v) is 9.89. The maximum Gasteiger partial charge on any atom is 0.200 e. The molecule has 1 aromatic rings. The minimum Gasteiger partial charge on any atom is -0.504 e. The third-order valence-electron chi connectivity index (χ3n) is 8.53. The minimum atomic E-state index is -1.11. The molecule has 0 aromatic heterocycles. The van der Waals surface area contributed by atoms with E-state index in [0.717, 1.165) is 30.6 Å². The number of carbonyl (C=O) groups is 1. The van der Waals surface area contributed by atoms with E-state index in [2.05, 4.69) is 7.05 Å². The van der Waals surface area contributed by atoms with Crippen molar-refractivity contribution in [3.05, 3.63) is 24.6 Å². The third kappa shape index (κ3) is 2.01. The summed E-state index contributed by atoms with van der Waals surface area (Å²) in [6.07, 6.45) is 1.52. The standard InChI is InChI=1S/C21H25NO6.CH3/c1-22(9-11-7-13(11)24)5-4-20-16-10-6-14(25)17(26)18(16)28-19(20)12(23)2-3-21(20,27)15(22)8-10;/h6,11,13,15,19,24,27H,2-5,7-9H2,1H3,(H-,25,26);1H3/q;-1/p+1/t11?,13?,15-,19+,20+,21-,22-;/m1./s1. The number of quaternary nitrogens is 1. The molecule has 158 valence electrons. The number of aliphatic hydroxyl groups excluding tert-OH is 1. The van der Waals surface area contributed by atoms with Gasteiger partial charge < -0.3 is 37.1 Å². The monoisotopic (exact) mass is 403 g/mol. The minimum absolute atomic E-state index is 0. The lowest BCUT2D eigenvalue weighted by atomic mass is 9.48. The number of benzene rings is 1. The van der Waals surface area contributed by atoms with Crippen LogP contribution in [0, 0.1) is 13.3 Å². The summed E-state index contributed by atoms with van der Waals surface area (Å²) < 4.78 is 6.63. The Bertz CT molecular complexity index is 932. The molecule has 2 heterocycles. The van der Waals surface area contributed by atoms with E-state index >= 15 is 0 Å². The number of likely N-dealkylation sites (N-methyl/N-ethyl adjacent to an activating group) is 1. The first kappa shape index (κ1) is 19.2. The van der Waals surface area contributed by atoms with Crippen LogP contribution < -0.4 is 4.74 Å². The Morgan fingerprint density at radius 2 is 2.03 bits per heavy atom. The van der Waals surface area contributed by atoms with Gasteiger partial charge in [-0.05, 0) is 24.5 Å². The van der Waals surface area contributed by atoms with Gasteiger partial charge in [-0.2, -0.15) is 0 Å². The Morgan fingerprint density at radius 1 is 1.31 bits per heavy atom. The summed E-state index contributed by atoms with van der Waals surface area (Å²) in [6.45, 7) is 1.58. The lowest BCUT2D eigenvalue weighted by molar-refractivity contribution is -0.950. The number of hydrogen-bond acceptors (Lipinski definition) is 6. The summed E-state index contributed by atoms with van der Waals surface area (Å²) in [4.78, 5) is 12.8. The van der Waals surface area contributed by atoms with Gasteiger partial charge in [-0.25, -0.2) is 0 Å². The van der Waals surface area contributed by atoms with Crippen molar-refractivity contribution in [3.8, 4) is 17.2 Å². The van der Waals surface area contributed by atoms with Crippen LogP contribution in [0.3, 0.4) is 0 Å². The van der Waals surface area contributed by atoms with Crippen LogP contribution in [-0.4, -0.2) is 74.7 Å². The van der Waals surface area contributed by atoms with Crippen molar-refractivity contribution in [1.29, 1.82) is 0 Å². The second-order valence-electron chi connectivity index (χ2n) is 9.89. The van der Waals surface area contributed by atoms with E-state index in [1.165, 1.54) is 0 Å². The lowest BCUT2D eigenvalue weighted by Crippen LogP contribution is -2.80. The number of nitrogens with zero attached hydrogens (tertiary/aromatic N) is 1. The maximum atomic E-state index is 12.8. The van der Waals surface area contributed by atoms with E-state index in [0.29, 0.717) is 23.7 Å². The smallest absolute Gasteiger partial charge is 0.200 e. The Kier molecular flexibility index (Phi) is 3.60. The fourth-order valence-electron chi connectivity index (χ4n) is 7.07. The molecule has 0 amide bonds. The van der Waals surface area contributed by atoms with Crippen LogP contribution in [0.15, 0.2) is 6.07 Å². The Morgan fingerprint density at radius 3 is 2.72 bits per heavy atom. The van der Waals surface area contributed by atoms with Gasteiger partial charge in [0.1, 0.15) is 11.6 Å². The van der Waals surface area contributed by atoms with E-state index < -0.39 is 17.1 Å². The first-order valence-electron chi connectivity index (χ1n) is 10.2. The van der Waals surface area contributed by atoms with Crippen molar-refractivity contribution in [2.24, 2.45) is 5.92 Å². The molecular weight excluding hydrogens is 374 g/mol. The number of phenolic OH excluding ortho intramolecular Hbond substituents is 2. The fraction of sp³-hybridized carbons (Fsp3) is 0.636. The lowest BCUT2D eigenvalue weighted by Gasteiger charge is -2.64. The van der Waals surface area contributed by atoms with Crippen molar-refractivity contribution >= 4 is 5.78 Å². The topological polar surface area (TPSA) is 107 Å². The molecule has 3 fully saturated rings. The van der Waals surface area contributed by atoms with Crippen molar-refractivity contribution < 1.29 is 34.4 Å². The van der Waals surface area contributed by atoms with E-state index in [1.807, 2.05) is 0 Å². The molecule has 7 heteroatoms. The van der Waals surface area contributed by atoms with Gasteiger partial charge in [0.25, 0.3) is 0 Å². The predicted octanol–water partition coefficient (Wildman–Crippen LogP) is 0.797. The number of aliphatic hydroxyl groups is 2.